The molecule has 0 spiro atoms. The zero-order valence-corrected chi connectivity index (χ0v) is 9.43. The third kappa shape index (κ3) is 2.05. The van der Waals surface area contributed by atoms with Crippen LogP contribution < -0.4 is 0 Å². The van der Waals surface area contributed by atoms with E-state index in [2.05, 4.69) is 5.10 Å². The van der Waals surface area contributed by atoms with Gasteiger partial charge < -0.3 is 4.42 Å². The number of aryl methyl sites for hydroxylation is 2. The molecular formula is C12H14N2O2. The summed E-state index contributed by atoms with van der Waals surface area (Å²) in [4.78, 5) is 11.8. The average Bonchev–Trinajstić information content (AvgIpc) is 2.88. The Balaban J connectivity index is 2.15. The van der Waals surface area contributed by atoms with E-state index in [1.54, 1.807) is 16.8 Å². The van der Waals surface area contributed by atoms with Crippen molar-refractivity contribution in [1.82, 2.24) is 9.78 Å². The molecule has 0 aliphatic rings. The van der Waals surface area contributed by atoms with Crippen LogP contribution >= 0.6 is 0 Å². The topological polar surface area (TPSA) is 48.0 Å². The average molecular weight is 218 g/mol. The fraction of sp³-hybridized carbons (Fsp3) is 0.333. The van der Waals surface area contributed by atoms with Crippen LogP contribution in [0.3, 0.4) is 0 Å². The molecule has 4 heteroatoms. The van der Waals surface area contributed by atoms with E-state index in [9.17, 15) is 4.79 Å². The van der Waals surface area contributed by atoms with Crippen molar-refractivity contribution in [2.45, 2.75) is 19.8 Å². The smallest absolute Gasteiger partial charge is 0.203 e. The molecule has 84 valence electrons. The molecule has 0 saturated heterocycles. The van der Waals surface area contributed by atoms with Gasteiger partial charge >= 0.3 is 0 Å². The minimum absolute atomic E-state index is 0.0179. The van der Waals surface area contributed by atoms with E-state index in [-0.39, 0.29) is 5.78 Å². The van der Waals surface area contributed by atoms with Gasteiger partial charge in [-0.15, -0.1) is 0 Å². The van der Waals surface area contributed by atoms with Crippen LogP contribution in [0.4, 0.5) is 0 Å². The third-order valence-electron chi connectivity index (χ3n) is 2.53. The van der Waals surface area contributed by atoms with Gasteiger partial charge in [0.05, 0.1) is 18.4 Å². The number of nitrogens with zero attached hydrogens (tertiary/aromatic N) is 2. The van der Waals surface area contributed by atoms with Gasteiger partial charge in [-0.05, 0) is 24.6 Å². The van der Waals surface area contributed by atoms with Gasteiger partial charge in [-0.2, -0.15) is 5.10 Å². The van der Waals surface area contributed by atoms with E-state index in [0.717, 1.165) is 17.8 Å². The molecule has 4 nitrogen and oxygen atoms in total. The minimum atomic E-state index is -0.0179. The molecule has 0 radical (unpaired) electrons. The van der Waals surface area contributed by atoms with Crippen LogP contribution in [0.2, 0.25) is 0 Å². The maximum atomic E-state index is 11.8. The lowest BCUT2D eigenvalue weighted by atomic mass is 10.1. The molecule has 0 aromatic carbocycles. The van der Waals surface area contributed by atoms with Crippen molar-refractivity contribution in [1.29, 1.82) is 0 Å². The van der Waals surface area contributed by atoms with Gasteiger partial charge in [0, 0.05) is 12.7 Å². The van der Waals surface area contributed by atoms with E-state index >= 15 is 0 Å². The number of furan rings is 1. The van der Waals surface area contributed by atoms with Gasteiger partial charge in [-0.1, -0.05) is 6.92 Å². The third-order valence-corrected chi connectivity index (χ3v) is 2.53. The van der Waals surface area contributed by atoms with E-state index < -0.39 is 0 Å². The lowest BCUT2D eigenvalue weighted by Crippen LogP contribution is -2.06. The highest BCUT2D eigenvalue weighted by molar-refractivity contribution is 5.94. The number of ketones is 1. The van der Waals surface area contributed by atoms with Gasteiger partial charge in [0.15, 0.2) is 5.76 Å². The zero-order valence-electron chi connectivity index (χ0n) is 9.43. The summed E-state index contributed by atoms with van der Waals surface area (Å²) in [7, 11) is 1.85. The normalized spacial score (nSPS) is 10.6. The second-order valence-electron chi connectivity index (χ2n) is 3.68. The first-order valence-electron chi connectivity index (χ1n) is 5.29. The molecule has 0 unspecified atom stereocenters. The Morgan fingerprint density at radius 1 is 1.56 bits per heavy atom. The Hall–Kier alpha value is -1.84. The predicted molar refractivity (Wildman–Crippen MR) is 59.3 cm³/mol. The van der Waals surface area contributed by atoms with Gasteiger partial charge in [0.25, 0.3) is 0 Å². The molecule has 0 aliphatic carbocycles. The summed E-state index contributed by atoms with van der Waals surface area (Å²) in [6, 6.07) is 5.36. The van der Waals surface area contributed by atoms with Crippen LogP contribution in [0.5, 0.6) is 0 Å². The number of Topliss-reactive ketones (excluding diaryl/α,β-unsaturated/α-hetero) is 1. The van der Waals surface area contributed by atoms with E-state index in [1.807, 2.05) is 20.0 Å². The number of hydrogen-bond acceptors (Lipinski definition) is 3. The molecule has 2 aromatic heterocycles. The second kappa shape index (κ2) is 4.35. The SMILES string of the molecule is CCc1cc(CC(=O)c2ccco2)n(C)n1. The minimum Gasteiger partial charge on any atom is -0.461 e. The van der Waals surface area contributed by atoms with Gasteiger partial charge in [-0.25, -0.2) is 0 Å². The quantitative estimate of drug-likeness (QED) is 0.737. The number of carbonyl (C=O) groups is 1. The Labute approximate surface area is 93.9 Å². The fourth-order valence-electron chi connectivity index (χ4n) is 1.60. The summed E-state index contributed by atoms with van der Waals surface area (Å²) < 4.78 is 6.81. The Bertz CT molecular complexity index is 483. The van der Waals surface area contributed by atoms with Crippen molar-refractivity contribution < 1.29 is 9.21 Å². The molecule has 0 atom stereocenters. The Morgan fingerprint density at radius 3 is 2.94 bits per heavy atom. The van der Waals surface area contributed by atoms with Crippen molar-refractivity contribution >= 4 is 5.78 Å². The summed E-state index contributed by atoms with van der Waals surface area (Å²) >= 11 is 0. The maximum absolute atomic E-state index is 11.8. The molecule has 0 amide bonds. The summed E-state index contributed by atoms with van der Waals surface area (Å²) in [6.45, 7) is 2.04. The van der Waals surface area contributed by atoms with Crippen molar-refractivity contribution in [2.24, 2.45) is 7.05 Å². The van der Waals surface area contributed by atoms with Crippen LogP contribution in [0.1, 0.15) is 28.9 Å². The highest BCUT2D eigenvalue weighted by Gasteiger charge is 2.13. The molecule has 0 saturated carbocycles. The van der Waals surface area contributed by atoms with Crippen LogP contribution in [0, 0.1) is 0 Å². The number of aromatic nitrogens is 2. The van der Waals surface area contributed by atoms with Gasteiger partial charge in [-0.3, -0.25) is 9.48 Å². The van der Waals surface area contributed by atoms with Crippen LogP contribution in [-0.2, 0) is 19.9 Å². The molecule has 0 fully saturated rings. The standard InChI is InChI=1S/C12H14N2O2/c1-3-9-7-10(14(2)13-9)8-11(15)12-5-4-6-16-12/h4-7H,3,8H2,1-2H3. The lowest BCUT2D eigenvalue weighted by molar-refractivity contribution is 0.0964. The van der Waals surface area contributed by atoms with E-state index in [4.69, 9.17) is 4.42 Å². The first kappa shape index (κ1) is 10.7. The number of hydrogen-bond donors (Lipinski definition) is 0. The van der Waals surface area contributed by atoms with Crippen molar-refractivity contribution in [2.75, 3.05) is 0 Å². The zero-order chi connectivity index (χ0) is 11.5. The van der Waals surface area contributed by atoms with Crippen molar-refractivity contribution in [3.63, 3.8) is 0 Å². The number of carbonyl (C=O) groups excluding carboxylic acids is 1. The van der Waals surface area contributed by atoms with Gasteiger partial charge in [0.2, 0.25) is 5.78 Å². The number of rotatable bonds is 4. The summed E-state index contributed by atoms with van der Waals surface area (Å²) in [5.41, 5.74) is 1.92. The fourth-order valence-corrected chi connectivity index (χ4v) is 1.60. The Morgan fingerprint density at radius 2 is 2.38 bits per heavy atom. The highest BCUT2D eigenvalue weighted by Crippen LogP contribution is 2.09. The molecule has 0 N–H and O–H groups in total. The largest absolute Gasteiger partial charge is 0.461 e. The van der Waals surface area contributed by atoms with Crippen LogP contribution in [-0.4, -0.2) is 15.6 Å². The first-order valence-corrected chi connectivity index (χ1v) is 5.29. The predicted octanol–water partition coefficient (Wildman–Crippen LogP) is 2.00. The summed E-state index contributed by atoms with van der Waals surface area (Å²) in [5.74, 6) is 0.384. The monoisotopic (exact) mass is 218 g/mol. The summed E-state index contributed by atoms with van der Waals surface area (Å²) in [6.07, 6.45) is 2.72. The first-order chi connectivity index (χ1) is 7.70. The molecule has 2 heterocycles. The lowest BCUT2D eigenvalue weighted by Gasteiger charge is -1.98. The Kier molecular flexibility index (Phi) is 2.90. The van der Waals surface area contributed by atoms with Crippen molar-refractivity contribution in [3.8, 4) is 0 Å². The second-order valence-corrected chi connectivity index (χ2v) is 3.68. The van der Waals surface area contributed by atoms with Crippen LogP contribution in [0.25, 0.3) is 0 Å². The maximum Gasteiger partial charge on any atom is 0.203 e. The van der Waals surface area contributed by atoms with Crippen molar-refractivity contribution in [3.05, 3.63) is 41.6 Å². The van der Waals surface area contributed by atoms with Crippen LogP contribution in [0.15, 0.2) is 28.9 Å². The molecule has 0 bridgehead atoms. The molecular weight excluding hydrogens is 204 g/mol. The molecule has 16 heavy (non-hydrogen) atoms. The molecule has 0 aliphatic heterocycles. The van der Waals surface area contributed by atoms with Gasteiger partial charge in [0.1, 0.15) is 0 Å². The van der Waals surface area contributed by atoms with E-state index in [1.165, 1.54) is 6.26 Å². The highest BCUT2D eigenvalue weighted by atomic mass is 16.3. The molecule has 2 aromatic rings. The molecule has 2 rings (SSSR count). The van der Waals surface area contributed by atoms with E-state index in [0.29, 0.717) is 12.2 Å². The summed E-state index contributed by atoms with van der Waals surface area (Å²) in [5, 5.41) is 4.30.